The van der Waals surface area contributed by atoms with E-state index in [1.807, 2.05) is 30.3 Å². The van der Waals surface area contributed by atoms with Gasteiger partial charge < -0.3 is 4.42 Å². The van der Waals surface area contributed by atoms with E-state index in [1.165, 1.54) is 18.3 Å². The molecule has 0 N–H and O–H groups in total. The molecule has 3 aromatic heterocycles. The molecule has 9 nitrogen and oxygen atoms in total. The summed E-state index contributed by atoms with van der Waals surface area (Å²) in [7, 11) is 0. The van der Waals surface area contributed by atoms with Crippen LogP contribution < -0.4 is 22.5 Å². The second-order valence-corrected chi connectivity index (χ2v) is 11.7. The Labute approximate surface area is 276 Å². The first-order valence-corrected chi connectivity index (χ1v) is 15.6. The van der Waals surface area contributed by atoms with E-state index in [2.05, 4.69) is 0 Å². The summed E-state index contributed by atoms with van der Waals surface area (Å²) in [5, 5.41) is 2.02. The Kier molecular flexibility index (Phi) is 6.21. The van der Waals surface area contributed by atoms with Crippen LogP contribution in [0.5, 0.6) is 0 Å². The van der Waals surface area contributed by atoms with Gasteiger partial charge in [-0.1, -0.05) is 66.7 Å². The number of aromatic nitrogens is 4. The van der Waals surface area contributed by atoms with E-state index in [1.54, 1.807) is 115 Å². The molecule has 3 heterocycles. The van der Waals surface area contributed by atoms with Gasteiger partial charge in [-0.25, -0.2) is 18.7 Å². The number of nitrogens with zero attached hydrogens (tertiary/aromatic N) is 4. The lowest BCUT2D eigenvalue weighted by Gasteiger charge is -2.16. The molecule has 0 spiro atoms. The van der Waals surface area contributed by atoms with Crippen molar-refractivity contribution in [3.63, 3.8) is 0 Å². The molecule has 9 heteroatoms. The highest BCUT2D eigenvalue weighted by Crippen LogP contribution is 2.35. The maximum absolute atomic E-state index is 14.4. The first-order chi connectivity index (χ1) is 24.0. The summed E-state index contributed by atoms with van der Waals surface area (Å²) in [4.78, 5) is 56.0. The summed E-state index contributed by atoms with van der Waals surface area (Å²) in [6.45, 7) is 0. The van der Waals surface area contributed by atoms with E-state index in [4.69, 9.17) is 4.42 Å². The zero-order valence-corrected chi connectivity index (χ0v) is 25.7. The van der Waals surface area contributed by atoms with Crippen molar-refractivity contribution in [2.75, 3.05) is 0 Å². The van der Waals surface area contributed by atoms with Gasteiger partial charge in [-0.05, 0) is 78.9 Å². The maximum atomic E-state index is 14.4. The minimum atomic E-state index is -0.537. The molecular weight excluding hydrogens is 616 g/mol. The normalized spacial score (nSPS) is 11.6. The summed E-state index contributed by atoms with van der Waals surface area (Å²) in [6, 6.07) is 42.5. The van der Waals surface area contributed by atoms with E-state index in [0.29, 0.717) is 66.5 Å². The van der Waals surface area contributed by atoms with Crippen LogP contribution in [-0.4, -0.2) is 18.3 Å². The Morgan fingerprint density at radius 1 is 0.388 bits per heavy atom. The SMILES string of the molecule is O=c1c2ccccc2n(-c2ccc3oc4cccc(-n5c(=O)n(-c6ccccc6)c(=O)c6ccccc65)c4c3c2)c(=O)n1-c1ccccc1. The first-order valence-electron chi connectivity index (χ1n) is 15.6. The largest absolute Gasteiger partial charge is 0.456 e. The fourth-order valence-electron chi connectivity index (χ4n) is 6.73. The van der Waals surface area contributed by atoms with Crippen molar-refractivity contribution in [2.45, 2.75) is 0 Å². The Morgan fingerprint density at radius 3 is 1.53 bits per heavy atom. The van der Waals surface area contributed by atoms with Gasteiger partial charge >= 0.3 is 11.4 Å². The number of fused-ring (bicyclic) bond motifs is 5. The fourth-order valence-corrected chi connectivity index (χ4v) is 6.73. The zero-order valence-electron chi connectivity index (χ0n) is 25.7. The van der Waals surface area contributed by atoms with Crippen LogP contribution in [0.4, 0.5) is 0 Å². The van der Waals surface area contributed by atoms with Crippen molar-refractivity contribution in [2.24, 2.45) is 0 Å². The molecule has 0 bridgehead atoms. The summed E-state index contributed by atoms with van der Waals surface area (Å²) in [5.41, 5.74) is 1.95. The molecule has 0 aliphatic carbocycles. The quantitative estimate of drug-likeness (QED) is 0.219. The number of furan rings is 1. The smallest absolute Gasteiger partial charge is 0.340 e. The van der Waals surface area contributed by atoms with Gasteiger partial charge in [-0.15, -0.1) is 0 Å². The second-order valence-electron chi connectivity index (χ2n) is 11.7. The molecule has 0 saturated heterocycles. The van der Waals surface area contributed by atoms with Crippen LogP contribution in [0.15, 0.2) is 169 Å². The Morgan fingerprint density at radius 2 is 0.918 bits per heavy atom. The monoisotopic (exact) mass is 640 g/mol. The third-order valence-corrected chi connectivity index (χ3v) is 8.91. The molecule has 0 amide bonds. The van der Waals surface area contributed by atoms with Crippen LogP contribution in [0.25, 0.3) is 66.5 Å². The van der Waals surface area contributed by atoms with Gasteiger partial charge in [0, 0.05) is 5.39 Å². The van der Waals surface area contributed by atoms with Crippen molar-refractivity contribution in [1.29, 1.82) is 0 Å². The molecule has 0 saturated carbocycles. The third-order valence-electron chi connectivity index (χ3n) is 8.91. The van der Waals surface area contributed by atoms with E-state index in [9.17, 15) is 19.2 Å². The van der Waals surface area contributed by atoms with Crippen LogP contribution in [0, 0.1) is 0 Å². The molecule has 0 unspecified atom stereocenters. The van der Waals surface area contributed by atoms with Gasteiger partial charge in [0.2, 0.25) is 0 Å². The lowest BCUT2D eigenvalue weighted by Crippen LogP contribution is -2.38. The van der Waals surface area contributed by atoms with Gasteiger partial charge in [0.1, 0.15) is 11.2 Å². The lowest BCUT2D eigenvalue weighted by atomic mass is 10.1. The molecule has 9 rings (SSSR count). The Hall–Kier alpha value is -7.00. The van der Waals surface area contributed by atoms with Crippen molar-refractivity contribution in [3.05, 3.63) is 187 Å². The molecule has 0 aliphatic rings. The predicted octanol–water partition coefficient (Wildman–Crippen LogP) is 6.50. The van der Waals surface area contributed by atoms with Crippen molar-refractivity contribution < 1.29 is 4.42 Å². The summed E-state index contributed by atoms with van der Waals surface area (Å²) < 4.78 is 11.7. The average molecular weight is 641 g/mol. The predicted molar refractivity (Wildman–Crippen MR) is 191 cm³/mol. The van der Waals surface area contributed by atoms with E-state index >= 15 is 0 Å². The highest BCUT2D eigenvalue weighted by atomic mass is 16.3. The number of benzene rings is 6. The highest BCUT2D eigenvalue weighted by Gasteiger charge is 2.21. The molecule has 0 atom stereocenters. The van der Waals surface area contributed by atoms with Gasteiger partial charge in [0.25, 0.3) is 11.1 Å². The number of hydrogen-bond donors (Lipinski definition) is 0. The van der Waals surface area contributed by atoms with Crippen molar-refractivity contribution >= 4 is 43.7 Å². The van der Waals surface area contributed by atoms with E-state index < -0.39 is 22.5 Å². The third kappa shape index (κ3) is 4.19. The molecule has 0 fully saturated rings. The van der Waals surface area contributed by atoms with Crippen molar-refractivity contribution in [1.82, 2.24) is 18.3 Å². The topological polar surface area (TPSA) is 101 Å². The molecule has 9 aromatic rings. The van der Waals surface area contributed by atoms with E-state index in [-0.39, 0.29) is 0 Å². The Balaban J connectivity index is 1.38. The average Bonchev–Trinajstić information content (AvgIpc) is 3.52. The van der Waals surface area contributed by atoms with Crippen molar-refractivity contribution in [3.8, 4) is 22.7 Å². The molecule has 0 radical (unpaired) electrons. The Bertz CT molecular complexity index is 3020. The molecule has 6 aromatic carbocycles. The van der Waals surface area contributed by atoms with Crippen LogP contribution in [-0.2, 0) is 0 Å². The van der Waals surface area contributed by atoms with Crippen LogP contribution >= 0.6 is 0 Å². The first kappa shape index (κ1) is 28.2. The molecule has 234 valence electrons. The lowest BCUT2D eigenvalue weighted by molar-refractivity contribution is 0.668. The number of para-hydroxylation sites is 4. The zero-order chi connectivity index (χ0) is 33.2. The van der Waals surface area contributed by atoms with Crippen LogP contribution in [0.1, 0.15) is 0 Å². The second kappa shape index (κ2) is 10.8. The summed E-state index contributed by atoms with van der Waals surface area (Å²) >= 11 is 0. The summed E-state index contributed by atoms with van der Waals surface area (Å²) in [6.07, 6.45) is 0. The minimum Gasteiger partial charge on any atom is -0.456 e. The molecular formula is C40H24N4O5. The number of hydrogen-bond acceptors (Lipinski definition) is 5. The van der Waals surface area contributed by atoms with Gasteiger partial charge in [0.15, 0.2) is 0 Å². The summed E-state index contributed by atoms with van der Waals surface area (Å²) in [5.74, 6) is 0. The van der Waals surface area contributed by atoms with Gasteiger partial charge in [-0.3, -0.25) is 18.7 Å². The molecule has 49 heavy (non-hydrogen) atoms. The van der Waals surface area contributed by atoms with E-state index in [0.717, 1.165) is 0 Å². The molecule has 0 aliphatic heterocycles. The highest BCUT2D eigenvalue weighted by molar-refractivity contribution is 6.10. The fraction of sp³-hybridized carbons (Fsp3) is 0. The van der Waals surface area contributed by atoms with Crippen LogP contribution in [0.3, 0.4) is 0 Å². The van der Waals surface area contributed by atoms with Gasteiger partial charge in [-0.2, -0.15) is 0 Å². The van der Waals surface area contributed by atoms with Gasteiger partial charge in [0.05, 0.1) is 49.9 Å². The maximum Gasteiger partial charge on any atom is 0.340 e. The number of rotatable bonds is 4. The minimum absolute atomic E-state index is 0.373. The van der Waals surface area contributed by atoms with Crippen LogP contribution in [0.2, 0.25) is 0 Å². The standard InChI is InChI=1S/C40H24N4O5/c45-37-28-16-7-9-18-31(28)41(39(47)42(37)25-12-3-1-4-13-25)27-22-23-34-30(24-27)36-33(20-11-21-35(36)49-34)44-32-19-10-8-17-29(32)38(46)43(40(44)48)26-14-5-2-6-15-26/h1-24H.